The minimum absolute atomic E-state index is 0.163. The first-order chi connectivity index (χ1) is 8.75. The third-order valence-electron chi connectivity index (χ3n) is 3.48. The summed E-state index contributed by atoms with van der Waals surface area (Å²) in [4.78, 5) is 8.54. The molecule has 0 atom stereocenters. The van der Waals surface area contributed by atoms with Gasteiger partial charge < -0.3 is 10.3 Å². The lowest BCUT2D eigenvalue weighted by Gasteiger charge is -2.31. The van der Waals surface area contributed by atoms with Crippen molar-refractivity contribution in [3.63, 3.8) is 0 Å². The highest BCUT2D eigenvalue weighted by Crippen LogP contribution is 2.29. The molecule has 18 heavy (non-hydrogen) atoms. The smallest absolute Gasteiger partial charge is 0.228 e. The molecule has 0 aliphatic heterocycles. The highest BCUT2D eigenvalue weighted by molar-refractivity contribution is 7.07. The Bertz CT molecular complexity index is 502. The van der Waals surface area contributed by atoms with E-state index in [1.54, 1.807) is 5.51 Å². The van der Waals surface area contributed by atoms with Gasteiger partial charge in [0.2, 0.25) is 11.7 Å². The summed E-state index contributed by atoms with van der Waals surface area (Å²) >= 11 is 1.52. The van der Waals surface area contributed by atoms with Crippen molar-refractivity contribution in [3.8, 4) is 11.5 Å². The van der Waals surface area contributed by atoms with E-state index in [0.717, 1.165) is 18.5 Å². The quantitative estimate of drug-likeness (QED) is 0.921. The summed E-state index contributed by atoms with van der Waals surface area (Å²) in [6, 6.07) is 0. The largest absolute Gasteiger partial charge is 0.339 e. The molecule has 0 unspecified atom stereocenters. The summed E-state index contributed by atoms with van der Waals surface area (Å²) in [5, 5.41) is 5.87. The molecule has 0 saturated heterocycles. The molecule has 1 aliphatic rings. The van der Waals surface area contributed by atoms with Crippen LogP contribution in [0.15, 0.2) is 15.4 Å². The minimum atomic E-state index is -0.163. The van der Waals surface area contributed by atoms with Crippen molar-refractivity contribution < 1.29 is 4.52 Å². The van der Waals surface area contributed by atoms with Crippen molar-refractivity contribution in [3.05, 3.63) is 16.8 Å². The molecule has 0 bridgehead atoms. The summed E-state index contributed by atoms with van der Waals surface area (Å²) in [6.07, 6.45) is 6.44. The molecule has 0 radical (unpaired) electrons. The lowest BCUT2D eigenvalue weighted by Crippen LogP contribution is -2.43. The first kappa shape index (κ1) is 11.8. The van der Waals surface area contributed by atoms with Gasteiger partial charge >= 0.3 is 0 Å². The van der Waals surface area contributed by atoms with Crippen LogP contribution >= 0.6 is 11.3 Å². The lowest BCUT2D eigenvalue weighted by atomic mass is 9.80. The van der Waals surface area contributed by atoms with E-state index in [0.29, 0.717) is 18.1 Å². The molecule has 3 rings (SSSR count). The van der Waals surface area contributed by atoms with Gasteiger partial charge in [0.25, 0.3) is 0 Å². The van der Waals surface area contributed by atoms with Gasteiger partial charge in [-0.25, -0.2) is 4.98 Å². The number of hydrogen-bond donors (Lipinski definition) is 1. The van der Waals surface area contributed by atoms with E-state index in [-0.39, 0.29) is 5.54 Å². The van der Waals surface area contributed by atoms with Gasteiger partial charge in [-0.05, 0) is 12.8 Å². The summed E-state index contributed by atoms with van der Waals surface area (Å²) < 4.78 is 5.28. The third-order valence-corrected chi connectivity index (χ3v) is 4.07. The molecular weight excluding hydrogens is 248 g/mol. The Balaban J connectivity index is 1.73. The van der Waals surface area contributed by atoms with Gasteiger partial charge in [0.1, 0.15) is 5.69 Å². The molecule has 1 saturated carbocycles. The molecule has 0 amide bonds. The second kappa shape index (κ2) is 4.78. The van der Waals surface area contributed by atoms with Gasteiger partial charge in [-0.2, -0.15) is 4.98 Å². The van der Waals surface area contributed by atoms with Crippen LogP contribution in [0.2, 0.25) is 0 Å². The van der Waals surface area contributed by atoms with Crippen molar-refractivity contribution in [2.45, 2.75) is 44.1 Å². The fourth-order valence-electron chi connectivity index (χ4n) is 2.49. The Hall–Kier alpha value is -1.27. The lowest BCUT2D eigenvalue weighted by molar-refractivity contribution is 0.261. The molecule has 1 fully saturated rings. The predicted molar refractivity (Wildman–Crippen MR) is 69.1 cm³/mol. The zero-order valence-corrected chi connectivity index (χ0v) is 10.9. The topological polar surface area (TPSA) is 77.8 Å². The molecule has 1 aliphatic carbocycles. The van der Waals surface area contributed by atoms with Gasteiger partial charge in [-0.1, -0.05) is 24.4 Å². The van der Waals surface area contributed by atoms with Crippen LogP contribution in [0.5, 0.6) is 0 Å². The van der Waals surface area contributed by atoms with E-state index in [1.807, 2.05) is 5.38 Å². The third kappa shape index (κ3) is 2.44. The average Bonchev–Trinajstić information content (AvgIpc) is 2.99. The summed E-state index contributed by atoms with van der Waals surface area (Å²) in [6.45, 7) is 0. The van der Waals surface area contributed by atoms with Crippen molar-refractivity contribution in [1.82, 2.24) is 15.1 Å². The highest BCUT2D eigenvalue weighted by Gasteiger charge is 2.30. The monoisotopic (exact) mass is 264 g/mol. The van der Waals surface area contributed by atoms with Crippen molar-refractivity contribution in [2.75, 3.05) is 0 Å². The number of thiazole rings is 1. The van der Waals surface area contributed by atoms with Crippen LogP contribution in [0.25, 0.3) is 11.5 Å². The van der Waals surface area contributed by atoms with E-state index < -0.39 is 0 Å². The maximum Gasteiger partial charge on any atom is 0.228 e. The number of aromatic nitrogens is 3. The van der Waals surface area contributed by atoms with Crippen LogP contribution in [-0.4, -0.2) is 20.7 Å². The molecule has 0 spiro atoms. The Kier molecular flexibility index (Phi) is 3.13. The first-order valence-corrected chi connectivity index (χ1v) is 7.20. The standard InChI is InChI=1S/C12H16N4OS/c13-12(4-2-1-3-5-12)6-10-15-11(16-17-10)9-7-18-8-14-9/h7-8H,1-6,13H2. The summed E-state index contributed by atoms with van der Waals surface area (Å²) in [7, 11) is 0. The van der Waals surface area contributed by atoms with Crippen molar-refractivity contribution in [2.24, 2.45) is 5.73 Å². The Morgan fingerprint density at radius 1 is 1.33 bits per heavy atom. The van der Waals surface area contributed by atoms with Gasteiger partial charge in [0.05, 0.1) is 5.51 Å². The van der Waals surface area contributed by atoms with Crippen LogP contribution in [0.3, 0.4) is 0 Å². The minimum Gasteiger partial charge on any atom is -0.339 e. The maximum absolute atomic E-state index is 6.38. The Morgan fingerprint density at radius 3 is 2.89 bits per heavy atom. The molecule has 6 heteroatoms. The normalized spacial score (nSPS) is 18.9. The van der Waals surface area contributed by atoms with Crippen LogP contribution < -0.4 is 5.73 Å². The molecule has 2 heterocycles. The van der Waals surface area contributed by atoms with E-state index in [9.17, 15) is 0 Å². The number of hydrogen-bond acceptors (Lipinski definition) is 6. The zero-order chi connectivity index (χ0) is 12.4. The van der Waals surface area contributed by atoms with E-state index in [2.05, 4.69) is 15.1 Å². The zero-order valence-electron chi connectivity index (χ0n) is 10.1. The second-order valence-corrected chi connectivity index (χ2v) is 5.70. The van der Waals surface area contributed by atoms with Gasteiger partial charge in [-0.15, -0.1) is 11.3 Å². The van der Waals surface area contributed by atoms with Crippen LogP contribution in [0.4, 0.5) is 0 Å². The van der Waals surface area contributed by atoms with Gasteiger partial charge in [-0.3, -0.25) is 0 Å². The Labute approximate surface area is 109 Å². The number of nitrogens with two attached hydrogens (primary N) is 1. The van der Waals surface area contributed by atoms with Crippen LogP contribution in [-0.2, 0) is 6.42 Å². The summed E-state index contributed by atoms with van der Waals surface area (Å²) in [5.41, 5.74) is 8.74. The van der Waals surface area contributed by atoms with E-state index in [1.165, 1.54) is 30.6 Å². The molecular formula is C12H16N4OS. The van der Waals surface area contributed by atoms with Crippen molar-refractivity contribution >= 4 is 11.3 Å². The second-order valence-electron chi connectivity index (χ2n) is 4.99. The average molecular weight is 264 g/mol. The highest BCUT2D eigenvalue weighted by atomic mass is 32.1. The molecule has 2 N–H and O–H groups in total. The first-order valence-electron chi connectivity index (χ1n) is 6.25. The summed E-state index contributed by atoms with van der Waals surface area (Å²) in [5.74, 6) is 1.19. The Morgan fingerprint density at radius 2 is 2.17 bits per heavy atom. The number of rotatable bonds is 3. The number of nitrogens with zero attached hydrogens (tertiary/aromatic N) is 3. The predicted octanol–water partition coefficient (Wildman–Crippen LogP) is 2.40. The molecule has 2 aromatic rings. The van der Waals surface area contributed by atoms with E-state index in [4.69, 9.17) is 10.3 Å². The van der Waals surface area contributed by atoms with Gasteiger partial charge in [0, 0.05) is 17.3 Å². The van der Waals surface area contributed by atoms with Crippen LogP contribution in [0, 0.1) is 0 Å². The van der Waals surface area contributed by atoms with Crippen molar-refractivity contribution in [1.29, 1.82) is 0 Å². The SMILES string of the molecule is NC1(Cc2nc(-c3cscn3)no2)CCCCC1. The molecule has 0 aromatic carbocycles. The molecule has 5 nitrogen and oxygen atoms in total. The molecule has 2 aromatic heterocycles. The van der Waals surface area contributed by atoms with Crippen LogP contribution in [0.1, 0.15) is 38.0 Å². The molecule has 96 valence electrons. The van der Waals surface area contributed by atoms with Gasteiger partial charge in [0.15, 0.2) is 0 Å². The fourth-order valence-corrected chi connectivity index (χ4v) is 3.02. The maximum atomic E-state index is 6.38. The fraction of sp³-hybridized carbons (Fsp3) is 0.583. The van der Waals surface area contributed by atoms with E-state index >= 15 is 0 Å².